The summed E-state index contributed by atoms with van der Waals surface area (Å²) >= 11 is 0. The number of benzene rings is 4. The van der Waals surface area contributed by atoms with Crippen LogP contribution in [0.2, 0.25) is 0 Å². The number of fused-ring (bicyclic) bond motifs is 3. The van der Waals surface area contributed by atoms with Crippen LogP contribution in [0, 0.1) is 13.8 Å². The first-order chi connectivity index (χ1) is 17.8. The normalized spacial score (nSPS) is 11.9. The van der Waals surface area contributed by atoms with Crippen molar-refractivity contribution in [1.82, 2.24) is 14.5 Å². The molecule has 0 spiro atoms. The van der Waals surface area contributed by atoms with Crippen molar-refractivity contribution in [2.45, 2.75) is 40.0 Å². The summed E-state index contributed by atoms with van der Waals surface area (Å²) in [7, 11) is 0. The summed E-state index contributed by atoms with van der Waals surface area (Å²) < 4.78 is 2.34. The van der Waals surface area contributed by atoms with E-state index in [1.165, 1.54) is 32.9 Å². The highest BCUT2D eigenvalue weighted by Gasteiger charge is 2.21. The van der Waals surface area contributed by atoms with Crippen molar-refractivity contribution in [2.24, 2.45) is 0 Å². The highest BCUT2D eigenvalue weighted by atomic mass is 15.0. The van der Waals surface area contributed by atoms with E-state index in [1.54, 1.807) is 0 Å². The minimum atomic E-state index is -0.101. The Morgan fingerprint density at radius 2 is 1.30 bits per heavy atom. The average Bonchev–Trinajstić information content (AvgIpc) is 3.22. The number of nitrogens with zero attached hydrogens (tertiary/aromatic N) is 3. The highest BCUT2D eigenvalue weighted by molar-refractivity contribution is 6.10. The van der Waals surface area contributed by atoms with Gasteiger partial charge in [-0.15, -0.1) is 0 Å². The third-order valence-electron chi connectivity index (χ3n) is 7.18. The minimum absolute atomic E-state index is 0.101. The molecule has 0 atom stereocenters. The lowest BCUT2D eigenvalue weighted by Gasteiger charge is -2.20. The monoisotopic (exact) mass is 481 g/mol. The molecule has 0 aliphatic carbocycles. The Morgan fingerprint density at radius 3 is 2.03 bits per heavy atom. The number of hydrogen-bond donors (Lipinski definition) is 0. The van der Waals surface area contributed by atoms with Crippen molar-refractivity contribution in [3.05, 3.63) is 114 Å². The smallest absolute Gasteiger partial charge is 0.160 e. The van der Waals surface area contributed by atoms with Crippen molar-refractivity contribution in [3.63, 3.8) is 0 Å². The van der Waals surface area contributed by atoms with Gasteiger partial charge in [0.2, 0.25) is 0 Å². The Hall–Kier alpha value is -4.24. The molecule has 0 amide bonds. The van der Waals surface area contributed by atoms with Gasteiger partial charge in [0, 0.05) is 33.0 Å². The summed E-state index contributed by atoms with van der Waals surface area (Å²) in [5.74, 6) is 0.796. The lowest BCUT2D eigenvalue weighted by Crippen LogP contribution is -2.15. The van der Waals surface area contributed by atoms with Gasteiger partial charge in [0.1, 0.15) is 0 Å². The van der Waals surface area contributed by atoms with Gasteiger partial charge in [-0.3, -0.25) is 0 Å². The molecule has 0 aliphatic heterocycles. The van der Waals surface area contributed by atoms with Gasteiger partial charge in [-0.2, -0.15) is 0 Å². The molecule has 0 fully saturated rings. The van der Waals surface area contributed by atoms with Crippen LogP contribution >= 0.6 is 0 Å². The zero-order chi connectivity index (χ0) is 25.7. The number of rotatable bonds is 3. The summed E-state index contributed by atoms with van der Waals surface area (Å²) in [6.45, 7) is 10.9. The molecule has 2 heterocycles. The predicted octanol–water partition coefficient (Wildman–Crippen LogP) is 8.82. The largest absolute Gasteiger partial charge is 0.309 e. The third-order valence-corrected chi connectivity index (χ3v) is 7.18. The van der Waals surface area contributed by atoms with Crippen LogP contribution in [0.3, 0.4) is 0 Å². The molecule has 0 N–H and O–H groups in total. The van der Waals surface area contributed by atoms with Gasteiger partial charge in [0.05, 0.1) is 22.4 Å². The Morgan fingerprint density at radius 1 is 0.622 bits per heavy atom. The molecule has 0 unspecified atom stereocenters. The predicted molar refractivity (Wildman–Crippen MR) is 155 cm³/mol. The van der Waals surface area contributed by atoms with Crippen LogP contribution < -0.4 is 0 Å². The summed E-state index contributed by atoms with van der Waals surface area (Å²) in [5.41, 5.74) is 10.1. The van der Waals surface area contributed by atoms with E-state index >= 15 is 0 Å². The first-order valence-electron chi connectivity index (χ1n) is 12.9. The number of aromatic nitrogens is 3. The van der Waals surface area contributed by atoms with Crippen molar-refractivity contribution < 1.29 is 0 Å². The zero-order valence-electron chi connectivity index (χ0n) is 22.1. The third kappa shape index (κ3) is 4.01. The maximum absolute atomic E-state index is 5.14. The van der Waals surface area contributed by atoms with Crippen LogP contribution in [0.15, 0.2) is 97.1 Å². The quantitative estimate of drug-likeness (QED) is 0.253. The van der Waals surface area contributed by atoms with Gasteiger partial charge in [-0.05, 0) is 61.4 Å². The summed E-state index contributed by atoms with van der Waals surface area (Å²) in [6.07, 6.45) is 0. The lowest BCUT2D eigenvalue weighted by atomic mass is 9.90. The van der Waals surface area contributed by atoms with Gasteiger partial charge in [-0.1, -0.05) is 81.4 Å². The molecule has 3 heteroatoms. The molecule has 3 nitrogen and oxygen atoms in total. The number of hydrogen-bond acceptors (Lipinski definition) is 2. The summed E-state index contributed by atoms with van der Waals surface area (Å²) in [6, 6.07) is 34.5. The SMILES string of the molecule is Cc1cccc(C)c1-c1nc(-c2ccc3c(c2)c2ccccc2n3-c2ccccc2)cc(C(C)(C)C)n1. The fraction of sp³-hybridized carbons (Fsp3) is 0.176. The van der Waals surface area contributed by atoms with E-state index < -0.39 is 0 Å². The maximum atomic E-state index is 5.14. The van der Waals surface area contributed by atoms with Gasteiger partial charge < -0.3 is 4.57 Å². The van der Waals surface area contributed by atoms with Crippen LogP contribution in [0.1, 0.15) is 37.6 Å². The summed E-state index contributed by atoms with van der Waals surface area (Å²) in [5, 5.41) is 2.46. The van der Waals surface area contributed by atoms with E-state index in [9.17, 15) is 0 Å². The van der Waals surface area contributed by atoms with Gasteiger partial charge in [-0.25, -0.2) is 9.97 Å². The Labute approximate surface area is 218 Å². The molecular formula is C34H31N3. The molecule has 2 aromatic heterocycles. The second kappa shape index (κ2) is 8.70. The summed E-state index contributed by atoms with van der Waals surface area (Å²) in [4.78, 5) is 10.2. The standard InChI is InChI=1S/C34H31N3/c1-22-12-11-13-23(2)32(22)33-35-28(21-31(36-33)34(3,4)5)24-18-19-30-27(20-24)26-16-9-10-17-29(26)37(30)25-14-7-6-8-15-25/h6-21H,1-5H3. The van der Waals surface area contributed by atoms with Crippen LogP contribution in [0.5, 0.6) is 0 Å². The molecular weight excluding hydrogens is 450 g/mol. The highest BCUT2D eigenvalue weighted by Crippen LogP contribution is 2.36. The molecule has 0 aliphatic rings. The van der Waals surface area contributed by atoms with E-state index in [0.717, 1.165) is 34.0 Å². The minimum Gasteiger partial charge on any atom is -0.309 e. The van der Waals surface area contributed by atoms with E-state index in [1.807, 2.05) is 0 Å². The van der Waals surface area contributed by atoms with Gasteiger partial charge in [0.15, 0.2) is 5.82 Å². The number of aryl methyl sites for hydroxylation is 2. The van der Waals surface area contributed by atoms with Crippen molar-refractivity contribution in [2.75, 3.05) is 0 Å². The Kier molecular flexibility index (Phi) is 5.45. The second-order valence-corrected chi connectivity index (χ2v) is 10.9. The molecule has 0 radical (unpaired) electrons. The van der Waals surface area contributed by atoms with Gasteiger partial charge >= 0.3 is 0 Å². The lowest BCUT2D eigenvalue weighted by molar-refractivity contribution is 0.568. The van der Waals surface area contributed by atoms with Crippen LogP contribution in [-0.4, -0.2) is 14.5 Å². The topological polar surface area (TPSA) is 30.7 Å². The average molecular weight is 482 g/mol. The number of para-hydroxylation sites is 2. The van der Waals surface area contributed by atoms with E-state index in [2.05, 4.69) is 136 Å². The maximum Gasteiger partial charge on any atom is 0.160 e. The van der Waals surface area contributed by atoms with E-state index in [-0.39, 0.29) is 5.41 Å². The Balaban J connectivity index is 1.61. The molecule has 182 valence electrons. The molecule has 0 saturated heterocycles. The van der Waals surface area contributed by atoms with Gasteiger partial charge in [0.25, 0.3) is 0 Å². The second-order valence-electron chi connectivity index (χ2n) is 10.9. The Bertz CT molecular complexity index is 1750. The van der Waals surface area contributed by atoms with Crippen LogP contribution in [0.25, 0.3) is 50.1 Å². The molecule has 6 aromatic rings. The van der Waals surface area contributed by atoms with Crippen LogP contribution in [0.4, 0.5) is 0 Å². The zero-order valence-corrected chi connectivity index (χ0v) is 22.1. The molecule has 4 aromatic carbocycles. The first kappa shape index (κ1) is 23.2. The molecule has 37 heavy (non-hydrogen) atoms. The fourth-order valence-corrected chi connectivity index (χ4v) is 5.25. The first-order valence-corrected chi connectivity index (χ1v) is 12.9. The van der Waals surface area contributed by atoms with Crippen molar-refractivity contribution in [3.8, 4) is 28.3 Å². The fourth-order valence-electron chi connectivity index (χ4n) is 5.25. The van der Waals surface area contributed by atoms with E-state index in [4.69, 9.17) is 9.97 Å². The van der Waals surface area contributed by atoms with E-state index in [0.29, 0.717) is 0 Å². The van der Waals surface area contributed by atoms with Crippen LogP contribution in [-0.2, 0) is 5.41 Å². The van der Waals surface area contributed by atoms with Crippen molar-refractivity contribution in [1.29, 1.82) is 0 Å². The molecule has 0 bridgehead atoms. The molecule has 0 saturated carbocycles. The molecule has 6 rings (SSSR count). The van der Waals surface area contributed by atoms with Crippen molar-refractivity contribution >= 4 is 21.8 Å².